The Balaban J connectivity index is 2.25. The van der Waals surface area contributed by atoms with E-state index in [0.29, 0.717) is 10.9 Å². The van der Waals surface area contributed by atoms with Crippen LogP contribution in [0.3, 0.4) is 0 Å². The van der Waals surface area contributed by atoms with Crippen LogP contribution < -0.4 is 5.73 Å². The molecule has 1 atom stereocenters. The quantitative estimate of drug-likeness (QED) is 0.726. The Morgan fingerprint density at radius 2 is 2.07 bits per heavy atom. The molecule has 1 aliphatic rings. The zero-order valence-electron chi connectivity index (χ0n) is 9.33. The first-order chi connectivity index (χ1) is 6.63. The van der Waals surface area contributed by atoms with Gasteiger partial charge in [0, 0.05) is 12.5 Å². The maximum Gasteiger partial charge on any atom is 0.0768 e. The molecule has 1 aliphatic heterocycles. The monoisotopic (exact) mass is 214 g/mol. The first-order valence-electron chi connectivity index (χ1n) is 5.65. The minimum atomic E-state index is 0.364. The van der Waals surface area contributed by atoms with Crippen LogP contribution in [0, 0.1) is 11.8 Å². The normalized spacial score (nSPS) is 22.1. The van der Waals surface area contributed by atoms with E-state index in [0.717, 1.165) is 12.5 Å². The molecule has 0 aromatic heterocycles. The average Bonchev–Trinajstić information content (AvgIpc) is 2.19. The lowest BCUT2D eigenvalue weighted by Crippen LogP contribution is -2.39. The van der Waals surface area contributed by atoms with E-state index < -0.39 is 0 Å². The van der Waals surface area contributed by atoms with E-state index in [9.17, 15) is 0 Å². The molecule has 82 valence electrons. The summed E-state index contributed by atoms with van der Waals surface area (Å²) in [5.74, 6) is 1.31. The van der Waals surface area contributed by atoms with Crippen molar-refractivity contribution in [1.82, 2.24) is 4.90 Å². The number of likely N-dealkylation sites (tertiary alicyclic amines) is 1. The third kappa shape index (κ3) is 3.54. The average molecular weight is 214 g/mol. The van der Waals surface area contributed by atoms with Crippen LogP contribution in [-0.4, -0.2) is 29.5 Å². The van der Waals surface area contributed by atoms with Gasteiger partial charge in [-0.3, -0.25) is 0 Å². The Kier molecular flexibility index (Phi) is 4.82. The second kappa shape index (κ2) is 5.66. The molecule has 2 nitrogen and oxygen atoms in total. The minimum absolute atomic E-state index is 0.364. The molecule has 0 amide bonds. The van der Waals surface area contributed by atoms with Crippen LogP contribution >= 0.6 is 12.2 Å². The summed E-state index contributed by atoms with van der Waals surface area (Å²) in [6, 6.07) is 0. The summed E-state index contributed by atoms with van der Waals surface area (Å²) in [4.78, 5) is 3.15. The molecule has 3 heteroatoms. The Bertz CT molecular complexity index is 186. The molecule has 14 heavy (non-hydrogen) atoms. The van der Waals surface area contributed by atoms with Crippen LogP contribution in [0.5, 0.6) is 0 Å². The maximum atomic E-state index is 5.61. The van der Waals surface area contributed by atoms with Crippen LogP contribution in [0.4, 0.5) is 0 Å². The number of nitrogens with two attached hydrogens (primary N) is 1. The number of rotatable bonds is 4. The molecule has 0 spiro atoms. The fourth-order valence-corrected chi connectivity index (χ4v) is 2.13. The Hall–Kier alpha value is -0.150. The van der Waals surface area contributed by atoms with Gasteiger partial charge in [0.15, 0.2) is 0 Å². The lowest BCUT2D eigenvalue weighted by Gasteiger charge is -2.32. The molecule has 1 unspecified atom stereocenters. The Morgan fingerprint density at radius 3 is 2.50 bits per heavy atom. The lowest BCUT2D eigenvalue weighted by atomic mass is 9.94. The number of hydrogen-bond acceptors (Lipinski definition) is 2. The predicted octanol–water partition coefficient (Wildman–Crippen LogP) is 2.03. The van der Waals surface area contributed by atoms with E-state index in [1.54, 1.807) is 0 Å². The smallest absolute Gasteiger partial charge is 0.0768 e. The van der Waals surface area contributed by atoms with Crippen molar-refractivity contribution in [2.24, 2.45) is 17.6 Å². The molecule has 0 radical (unpaired) electrons. The molecule has 0 aromatic rings. The van der Waals surface area contributed by atoms with Gasteiger partial charge in [-0.05, 0) is 31.8 Å². The largest absolute Gasteiger partial charge is 0.393 e. The van der Waals surface area contributed by atoms with E-state index in [1.807, 2.05) is 0 Å². The summed E-state index contributed by atoms with van der Waals surface area (Å²) in [6.07, 6.45) is 4.03. The molecule has 1 fully saturated rings. The van der Waals surface area contributed by atoms with E-state index in [-0.39, 0.29) is 0 Å². The highest BCUT2D eigenvalue weighted by atomic mass is 32.1. The summed E-state index contributed by atoms with van der Waals surface area (Å²) < 4.78 is 0. The van der Waals surface area contributed by atoms with E-state index in [4.69, 9.17) is 18.0 Å². The maximum absolute atomic E-state index is 5.61. The number of hydrogen-bond donors (Lipinski definition) is 1. The lowest BCUT2D eigenvalue weighted by molar-refractivity contribution is 0.174. The minimum Gasteiger partial charge on any atom is -0.393 e. The SMILES string of the molecule is CCC1CCN(CC(C)C(N)=S)CC1. The van der Waals surface area contributed by atoms with Crippen molar-refractivity contribution in [3.8, 4) is 0 Å². The molecular weight excluding hydrogens is 192 g/mol. The first kappa shape index (κ1) is 11.9. The van der Waals surface area contributed by atoms with E-state index >= 15 is 0 Å². The summed E-state index contributed by atoms with van der Waals surface area (Å²) in [5, 5.41) is 0. The van der Waals surface area contributed by atoms with E-state index in [2.05, 4.69) is 18.7 Å². The van der Waals surface area contributed by atoms with Crippen molar-refractivity contribution in [2.45, 2.75) is 33.1 Å². The summed E-state index contributed by atoms with van der Waals surface area (Å²) in [7, 11) is 0. The van der Waals surface area contributed by atoms with Crippen molar-refractivity contribution >= 4 is 17.2 Å². The number of thiocarbonyl (C=S) groups is 1. The van der Waals surface area contributed by atoms with Crippen LogP contribution in [0.15, 0.2) is 0 Å². The van der Waals surface area contributed by atoms with Gasteiger partial charge in [0.25, 0.3) is 0 Å². The van der Waals surface area contributed by atoms with Crippen LogP contribution in [-0.2, 0) is 0 Å². The zero-order valence-corrected chi connectivity index (χ0v) is 10.1. The fraction of sp³-hybridized carbons (Fsp3) is 0.909. The van der Waals surface area contributed by atoms with Crippen molar-refractivity contribution < 1.29 is 0 Å². The van der Waals surface area contributed by atoms with Gasteiger partial charge in [0.2, 0.25) is 0 Å². The molecule has 1 rings (SSSR count). The third-order valence-corrected chi connectivity index (χ3v) is 3.70. The van der Waals surface area contributed by atoms with Crippen molar-refractivity contribution in [3.05, 3.63) is 0 Å². The second-order valence-electron chi connectivity index (χ2n) is 4.46. The zero-order chi connectivity index (χ0) is 10.6. The molecule has 0 aliphatic carbocycles. The second-order valence-corrected chi connectivity index (χ2v) is 4.93. The Labute approximate surface area is 92.8 Å². The fourth-order valence-electron chi connectivity index (χ4n) is 2.05. The summed E-state index contributed by atoms with van der Waals surface area (Å²) in [6.45, 7) is 7.91. The molecule has 0 bridgehead atoms. The van der Waals surface area contributed by atoms with Gasteiger partial charge in [-0.2, -0.15) is 0 Å². The molecule has 2 N–H and O–H groups in total. The van der Waals surface area contributed by atoms with Gasteiger partial charge in [0.05, 0.1) is 4.99 Å². The highest BCUT2D eigenvalue weighted by Gasteiger charge is 2.19. The van der Waals surface area contributed by atoms with Gasteiger partial charge < -0.3 is 10.6 Å². The van der Waals surface area contributed by atoms with Crippen LogP contribution in [0.25, 0.3) is 0 Å². The standard InChI is InChI=1S/C11H22N2S/c1-3-10-4-6-13(7-5-10)8-9(2)11(12)14/h9-10H,3-8H2,1-2H3,(H2,12,14). The van der Waals surface area contributed by atoms with Gasteiger partial charge in [0.1, 0.15) is 0 Å². The topological polar surface area (TPSA) is 29.3 Å². The van der Waals surface area contributed by atoms with Gasteiger partial charge in [-0.1, -0.05) is 32.5 Å². The van der Waals surface area contributed by atoms with Crippen molar-refractivity contribution in [2.75, 3.05) is 19.6 Å². The summed E-state index contributed by atoms with van der Waals surface area (Å²) in [5.41, 5.74) is 5.61. The highest BCUT2D eigenvalue weighted by molar-refractivity contribution is 7.80. The molecular formula is C11H22N2S. The van der Waals surface area contributed by atoms with Gasteiger partial charge >= 0.3 is 0 Å². The molecule has 1 heterocycles. The predicted molar refractivity (Wildman–Crippen MR) is 65.4 cm³/mol. The third-order valence-electron chi connectivity index (χ3n) is 3.30. The highest BCUT2D eigenvalue weighted by Crippen LogP contribution is 2.20. The number of nitrogens with zero attached hydrogens (tertiary/aromatic N) is 1. The molecule has 0 saturated carbocycles. The molecule has 0 aromatic carbocycles. The van der Waals surface area contributed by atoms with Gasteiger partial charge in [-0.15, -0.1) is 0 Å². The van der Waals surface area contributed by atoms with E-state index in [1.165, 1.54) is 32.4 Å². The van der Waals surface area contributed by atoms with Crippen molar-refractivity contribution in [1.29, 1.82) is 0 Å². The Morgan fingerprint density at radius 1 is 1.50 bits per heavy atom. The first-order valence-corrected chi connectivity index (χ1v) is 6.06. The molecule has 1 saturated heterocycles. The van der Waals surface area contributed by atoms with Crippen LogP contribution in [0.1, 0.15) is 33.1 Å². The van der Waals surface area contributed by atoms with Crippen LogP contribution in [0.2, 0.25) is 0 Å². The van der Waals surface area contributed by atoms with Gasteiger partial charge in [-0.25, -0.2) is 0 Å². The summed E-state index contributed by atoms with van der Waals surface area (Å²) >= 11 is 4.98. The number of piperidine rings is 1. The van der Waals surface area contributed by atoms with Crippen molar-refractivity contribution in [3.63, 3.8) is 0 Å².